The summed E-state index contributed by atoms with van der Waals surface area (Å²) in [6.45, 7) is 5.64. The van der Waals surface area contributed by atoms with E-state index < -0.39 is 10.0 Å². The molecule has 5 heteroatoms. The van der Waals surface area contributed by atoms with Crippen molar-refractivity contribution in [3.05, 3.63) is 12.7 Å². The first-order valence-electron chi connectivity index (χ1n) is 4.05. The summed E-state index contributed by atoms with van der Waals surface area (Å²) < 4.78 is 24.3. The molecule has 0 radical (unpaired) electrons. The molecule has 78 valence electrons. The number of halogens is 1. The third-order valence-corrected chi connectivity index (χ3v) is 4.24. The molecule has 0 aliphatic heterocycles. The number of likely N-dealkylation sites (N-methyl/N-ethyl adjacent to an activating group) is 1. The predicted molar refractivity (Wildman–Crippen MR) is 56.5 cm³/mol. The summed E-state index contributed by atoms with van der Waals surface area (Å²) in [5.41, 5.74) is 0. The van der Waals surface area contributed by atoms with Crippen LogP contribution in [0.15, 0.2) is 12.7 Å². The summed E-state index contributed by atoms with van der Waals surface area (Å²) in [7, 11) is -1.62. The van der Waals surface area contributed by atoms with Gasteiger partial charge in [-0.25, -0.2) is 12.7 Å². The minimum absolute atomic E-state index is 0.0149. The van der Waals surface area contributed by atoms with Crippen molar-refractivity contribution in [3.8, 4) is 0 Å². The molecule has 3 nitrogen and oxygen atoms in total. The second-order valence-corrected chi connectivity index (χ2v) is 5.54. The summed E-state index contributed by atoms with van der Waals surface area (Å²) in [5, 5.41) is 0. The van der Waals surface area contributed by atoms with Gasteiger partial charge in [0.15, 0.2) is 0 Å². The molecule has 0 aliphatic rings. The molecular weight excluding hydrogens is 210 g/mol. The Morgan fingerprint density at radius 2 is 2.15 bits per heavy atom. The van der Waals surface area contributed by atoms with E-state index in [0.717, 1.165) is 0 Å². The molecule has 0 saturated heterocycles. The van der Waals surface area contributed by atoms with Crippen LogP contribution in [0.2, 0.25) is 0 Å². The van der Waals surface area contributed by atoms with Crippen LogP contribution in [0.1, 0.15) is 6.92 Å². The van der Waals surface area contributed by atoms with E-state index in [0.29, 0.717) is 12.4 Å². The van der Waals surface area contributed by atoms with Crippen LogP contribution in [0.3, 0.4) is 0 Å². The van der Waals surface area contributed by atoms with Gasteiger partial charge in [-0.3, -0.25) is 0 Å². The largest absolute Gasteiger partial charge is 0.214 e. The van der Waals surface area contributed by atoms with Crippen molar-refractivity contribution in [2.24, 2.45) is 5.92 Å². The van der Waals surface area contributed by atoms with Gasteiger partial charge in [0, 0.05) is 19.5 Å². The zero-order valence-corrected chi connectivity index (χ0v) is 9.61. The lowest BCUT2D eigenvalue weighted by Gasteiger charge is -2.17. The third-order valence-electron chi connectivity index (χ3n) is 1.62. The van der Waals surface area contributed by atoms with E-state index in [1.54, 1.807) is 6.08 Å². The van der Waals surface area contributed by atoms with Crippen LogP contribution in [0, 0.1) is 5.92 Å². The van der Waals surface area contributed by atoms with Gasteiger partial charge in [-0.05, 0) is 5.92 Å². The molecule has 0 aromatic heterocycles. The van der Waals surface area contributed by atoms with Gasteiger partial charge in [0.1, 0.15) is 0 Å². The monoisotopic (exact) mass is 225 g/mol. The smallest absolute Gasteiger partial charge is 0.212 e. The first kappa shape index (κ1) is 12.9. The van der Waals surface area contributed by atoms with Gasteiger partial charge in [-0.1, -0.05) is 13.0 Å². The maximum Gasteiger partial charge on any atom is 0.214 e. The lowest BCUT2D eigenvalue weighted by molar-refractivity contribution is 0.491. The van der Waals surface area contributed by atoms with Crippen LogP contribution in [0.25, 0.3) is 0 Å². The van der Waals surface area contributed by atoms with Crippen molar-refractivity contribution in [1.82, 2.24) is 4.31 Å². The Balaban J connectivity index is 4.30. The van der Waals surface area contributed by atoms with E-state index in [9.17, 15) is 8.42 Å². The second-order valence-electron chi connectivity index (χ2n) is 3.11. The van der Waals surface area contributed by atoms with Gasteiger partial charge in [-0.15, -0.1) is 18.2 Å². The minimum Gasteiger partial charge on any atom is -0.212 e. The predicted octanol–water partition coefficient (Wildman–Crippen LogP) is 1.31. The Morgan fingerprint density at radius 3 is 2.54 bits per heavy atom. The van der Waals surface area contributed by atoms with Gasteiger partial charge < -0.3 is 0 Å². The Morgan fingerprint density at radius 1 is 1.62 bits per heavy atom. The van der Waals surface area contributed by atoms with Crippen LogP contribution < -0.4 is 0 Å². The summed E-state index contributed by atoms with van der Waals surface area (Å²) >= 11 is 5.54. The van der Waals surface area contributed by atoms with Gasteiger partial charge in [0.25, 0.3) is 0 Å². The van der Waals surface area contributed by atoms with Gasteiger partial charge in [-0.2, -0.15) is 0 Å². The lowest BCUT2D eigenvalue weighted by atomic mass is 10.3. The van der Waals surface area contributed by atoms with Crippen molar-refractivity contribution in [3.63, 3.8) is 0 Å². The molecule has 0 aromatic rings. The third kappa shape index (κ3) is 4.64. The Kier molecular flexibility index (Phi) is 5.60. The summed E-state index contributed by atoms with van der Waals surface area (Å²) in [6.07, 6.45) is 1.56. The van der Waals surface area contributed by atoms with Crippen LogP contribution in [-0.4, -0.2) is 37.9 Å². The minimum atomic E-state index is -3.16. The molecule has 0 N–H and O–H groups in total. The maximum absolute atomic E-state index is 11.5. The van der Waals surface area contributed by atoms with Gasteiger partial charge in [0.2, 0.25) is 10.0 Å². The number of hydrogen-bond donors (Lipinski definition) is 0. The number of rotatable bonds is 6. The standard InChI is InChI=1S/C8H16ClNO2S/c1-4-5-10(3)13(11,12)7-8(2)6-9/h4,8H,1,5-7H2,2-3H3. The summed E-state index contributed by atoms with van der Waals surface area (Å²) in [4.78, 5) is 0. The molecule has 0 heterocycles. The molecule has 0 bridgehead atoms. The fourth-order valence-electron chi connectivity index (χ4n) is 0.827. The lowest BCUT2D eigenvalue weighted by Crippen LogP contribution is -2.31. The first-order valence-corrected chi connectivity index (χ1v) is 6.19. The SMILES string of the molecule is C=CCN(C)S(=O)(=O)CC(C)CCl. The molecule has 0 amide bonds. The molecule has 0 fully saturated rings. The zero-order chi connectivity index (χ0) is 10.5. The molecule has 0 rings (SSSR count). The molecule has 0 aliphatic carbocycles. The van der Waals surface area contributed by atoms with E-state index in [1.807, 2.05) is 6.92 Å². The molecule has 0 aromatic carbocycles. The second kappa shape index (κ2) is 5.62. The highest BCUT2D eigenvalue weighted by Crippen LogP contribution is 2.06. The van der Waals surface area contributed by atoms with Crippen molar-refractivity contribution < 1.29 is 8.42 Å². The number of nitrogens with zero attached hydrogens (tertiary/aromatic N) is 1. The van der Waals surface area contributed by atoms with Crippen molar-refractivity contribution in [2.45, 2.75) is 6.92 Å². The average molecular weight is 226 g/mol. The molecule has 13 heavy (non-hydrogen) atoms. The van der Waals surface area contributed by atoms with Crippen molar-refractivity contribution in [2.75, 3.05) is 25.2 Å². The van der Waals surface area contributed by atoms with E-state index in [1.165, 1.54) is 11.4 Å². The number of hydrogen-bond acceptors (Lipinski definition) is 2. The zero-order valence-electron chi connectivity index (χ0n) is 8.03. The maximum atomic E-state index is 11.5. The van der Waals surface area contributed by atoms with E-state index >= 15 is 0 Å². The fourth-order valence-corrected chi connectivity index (χ4v) is 2.49. The summed E-state index contributed by atoms with van der Waals surface area (Å²) in [5.74, 6) is 0.445. The van der Waals surface area contributed by atoms with Crippen LogP contribution in [0.4, 0.5) is 0 Å². The molecular formula is C8H16ClNO2S. The van der Waals surface area contributed by atoms with Gasteiger partial charge >= 0.3 is 0 Å². The molecule has 0 spiro atoms. The topological polar surface area (TPSA) is 37.4 Å². The average Bonchev–Trinajstić information content (AvgIpc) is 2.04. The normalized spacial score (nSPS) is 14.5. The highest BCUT2D eigenvalue weighted by molar-refractivity contribution is 7.89. The molecule has 1 atom stereocenters. The Labute approximate surface area is 85.4 Å². The van der Waals surface area contributed by atoms with Crippen molar-refractivity contribution in [1.29, 1.82) is 0 Å². The molecule has 1 unspecified atom stereocenters. The van der Waals surface area contributed by atoms with E-state index in [-0.39, 0.29) is 11.7 Å². The highest BCUT2D eigenvalue weighted by atomic mass is 35.5. The Bertz CT molecular complexity index is 251. The van der Waals surface area contributed by atoms with Crippen molar-refractivity contribution >= 4 is 21.6 Å². The van der Waals surface area contributed by atoms with E-state index in [4.69, 9.17) is 11.6 Å². The van der Waals surface area contributed by atoms with Crippen LogP contribution in [0.5, 0.6) is 0 Å². The fraction of sp³-hybridized carbons (Fsp3) is 0.750. The van der Waals surface area contributed by atoms with E-state index in [2.05, 4.69) is 6.58 Å². The van der Waals surface area contributed by atoms with Gasteiger partial charge in [0.05, 0.1) is 5.75 Å². The summed E-state index contributed by atoms with van der Waals surface area (Å²) in [6, 6.07) is 0. The number of sulfonamides is 1. The highest BCUT2D eigenvalue weighted by Gasteiger charge is 2.19. The Hall–Kier alpha value is -0.0600. The quantitative estimate of drug-likeness (QED) is 0.505. The van der Waals surface area contributed by atoms with Crippen LogP contribution >= 0.6 is 11.6 Å². The van der Waals surface area contributed by atoms with Crippen LogP contribution in [-0.2, 0) is 10.0 Å². The molecule has 0 saturated carbocycles. The first-order chi connectivity index (χ1) is 5.94. The number of alkyl halides is 1.